The van der Waals surface area contributed by atoms with Crippen LogP contribution in [0.4, 0.5) is 18.9 Å². The van der Waals surface area contributed by atoms with Crippen LogP contribution in [0.15, 0.2) is 48.5 Å². The highest BCUT2D eigenvalue weighted by Crippen LogP contribution is 2.38. The summed E-state index contributed by atoms with van der Waals surface area (Å²) in [5, 5.41) is 10.3. The number of anilines is 1. The Hall–Kier alpha value is -2.93. The Kier molecular flexibility index (Phi) is 4.78. The van der Waals surface area contributed by atoms with Crippen molar-refractivity contribution < 1.29 is 23.1 Å². The minimum Gasteiger partial charge on any atom is -0.391 e. The molecule has 1 fully saturated rings. The molecule has 4 rings (SSSR count). The van der Waals surface area contributed by atoms with E-state index >= 15 is 0 Å². The molecule has 29 heavy (non-hydrogen) atoms. The van der Waals surface area contributed by atoms with Crippen LogP contribution in [-0.2, 0) is 0 Å². The van der Waals surface area contributed by atoms with Gasteiger partial charge in [-0.1, -0.05) is 30.3 Å². The van der Waals surface area contributed by atoms with Gasteiger partial charge in [0.2, 0.25) is 0 Å². The maximum absolute atomic E-state index is 13.4. The molecule has 150 valence electrons. The van der Waals surface area contributed by atoms with Crippen LogP contribution in [0.1, 0.15) is 22.5 Å². The van der Waals surface area contributed by atoms with E-state index in [1.807, 2.05) is 11.0 Å². The standard InChI is InChI=1S/C22H19F3N2O2/c1-13-19(21(29)22(23,24)25)20(14-5-3-2-4-6-14)17-11-15(7-8-18(17)26-13)27-10-9-16(28)12-27/h2-8,11,16,28H,9-10,12H2,1H3. The zero-order chi connectivity index (χ0) is 20.8. The number of halogens is 3. The molecular weight excluding hydrogens is 381 g/mol. The average Bonchev–Trinajstić information content (AvgIpc) is 3.12. The van der Waals surface area contributed by atoms with Crippen molar-refractivity contribution in [2.45, 2.75) is 25.6 Å². The molecule has 3 aromatic rings. The van der Waals surface area contributed by atoms with Gasteiger partial charge in [-0.2, -0.15) is 13.2 Å². The third-order valence-electron chi connectivity index (χ3n) is 5.22. The highest BCUT2D eigenvalue weighted by atomic mass is 19.4. The molecule has 0 aliphatic carbocycles. The molecular formula is C22H19F3N2O2. The Bertz CT molecular complexity index is 1080. The van der Waals surface area contributed by atoms with E-state index in [-0.39, 0.29) is 11.3 Å². The second kappa shape index (κ2) is 7.15. The summed E-state index contributed by atoms with van der Waals surface area (Å²) < 4.78 is 40.1. The number of nitrogens with zero attached hydrogens (tertiary/aromatic N) is 2. The summed E-state index contributed by atoms with van der Waals surface area (Å²) in [7, 11) is 0. The average molecular weight is 400 g/mol. The topological polar surface area (TPSA) is 53.4 Å². The smallest absolute Gasteiger partial charge is 0.391 e. The zero-order valence-corrected chi connectivity index (χ0v) is 15.7. The molecule has 1 atom stereocenters. The molecule has 0 bridgehead atoms. The second-order valence-electron chi connectivity index (χ2n) is 7.23. The molecule has 4 nitrogen and oxygen atoms in total. The van der Waals surface area contributed by atoms with Crippen LogP contribution < -0.4 is 4.90 Å². The number of alkyl halides is 3. The van der Waals surface area contributed by atoms with Gasteiger partial charge in [-0.3, -0.25) is 9.78 Å². The Morgan fingerprint density at radius 2 is 1.90 bits per heavy atom. The lowest BCUT2D eigenvalue weighted by Gasteiger charge is -2.21. The summed E-state index contributed by atoms with van der Waals surface area (Å²) in [6.45, 7) is 2.54. The van der Waals surface area contributed by atoms with Gasteiger partial charge < -0.3 is 10.0 Å². The lowest BCUT2D eigenvalue weighted by atomic mass is 9.91. The number of aryl methyl sites for hydroxylation is 1. The first-order chi connectivity index (χ1) is 13.8. The molecule has 2 aromatic carbocycles. The first-order valence-corrected chi connectivity index (χ1v) is 9.30. The largest absolute Gasteiger partial charge is 0.454 e. The molecule has 1 N–H and O–H groups in total. The summed E-state index contributed by atoms with van der Waals surface area (Å²) in [5.74, 6) is -1.90. The summed E-state index contributed by atoms with van der Waals surface area (Å²) in [4.78, 5) is 18.6. The first kappa shape index (κ1) is 19.4. The van der Waals surface area contributed by atoms with Gasteiger partial charge >= 0.3 is 6.18 Å². The number of aliphatic hydroxyl groups excluding tert-OH is 1. The van der Waals surface area contributed by atoms with Crippen molar-refractivity contribution in [2.75, 3.05) is 18.0 Å². The van der Waals surface area contributed by atoms with Crippen LogP contribution in [0.2, 0.25) is 0 Å². The summed E-state index contributed by atoms with van der Waals surface area (Å²) in [6.07, 6.45) is -4.80. The van der Waals surface area contributed by atoms with Gasteiger partial charge in [0.1, 0.15) is 0 Å². The number of carbonyl (C=O) groups is 1. The number of β-amino-alcohol motifs (C(OH)–C–C–N with tert-alkyl or cyclic N) is 1. The van der Waals surface area contributed by atoms with Crippen LogP contribution in [-0.4, -0.2) is 41.2 Å². The van der Waals surface area contributed by atoms with E-state index in [9.17, 15) is 23.1 Å². The van der Waals surface area contributed by atoms with E-state index in [0.29, 0.717) is 36.0 Å². The van der Waals surface area contributed by atoms with Gasteiger partial charge in [0.25, 0.3) is 5.78 Å². The van der Waals surface area contributed by atoms with E-state index in [4.69, 9.17) is 0 Å². The molecule has 2 heterocycles. The molecule has 0 spiro atoms. The van der Waals surface area contributed by atoms with Crippen LogP contribution in [0.25, 0.3) is 22.0 Å². The number of Topliss-reactive ketones (excluding diaryl/α,β-unsaturated/α-hetero) is 1. The fraction of sp³-hybridized carbons (Fsp3) is 0.273. The number of hydrogen-bond acceptors (Lipinski definition) is 4. The van der Waals surface area contributed by atoms with E-state index in [0.717, 1.165) is 5.69 Å². The van der Waals surface area contributed by atoms with Crippen molar-refractivity contribution >= 4 is 22.4 Å². The van der Waals surface area contributed by atoms with Gasteiger partial charge in [0.05, 0.1) is 17.2 Å². The number of hydrogen-bond donors (Lipinski definition) is 1. The number of aromatic nitrogens is 1. The van der Waals surface area contributed by atoms with Crippen molar-refractivity contribution in [1.82, 2.24) is 4.98 Å². The molecule has 1 aliphatic heterocycles. The predicted octanol–water partition coefficient (Wildman–Crippen LogP) is 4.53. The molecule has 0 amide bonds. The van der Waals surface area contributed by atoms with Gasteiger partial charge in [-0.15, -0.1) is 0 Å². The van der Waals surface area contributed by atoms with Crippen LogP contribution in [0, 0.1) is 6.92 Å². The Balaban J connectivity index is 2.01. The number of rotatable bonds is 3. The molecule has 0 saturated carbocycles. The number of aliphatic hydroxyl groups is 1. The highest BCUT2D eigenvalue weighted by molar-refractivity contribution is 6.13. The number of ketones is 1. The number of benzene rings is 2. The molecule has 1 unspecified atom stereocenters. The second-order valence-corrected chi connectivity index (χ2v) is 7.23. The number of pyridine rings is 1. The molecule has 7 heteroatoms. The Morgan fingerprint density at radius 1 is 1.17 bits per heavy atom. The van der Waals surface area contributed by atoms with Crippen molar-refractivity contribution in [3.63, 3.8) is 0 Å². The third-order valence-corrected chi connectivity index (χ3v) is 5.22. The highest BCUT2D eigenvalue weighted by Gasteiger charge is 2.42. The van der Waals surface area contributed by atoms with E-state index in [1.165, 1.54) is 6.92 Å². The first-order valence-electron chi connectivity index (χ1n) is 9.30. The van der Waals surface area contributed by atoms with E-state index in [2.05, 4.69) is 4.98 Å². The van der Waals surface area contributed by atoms with Crippen molar-refractivity contribution in [3.8, 4) is 11.1 Å². The molecule has 1 saturated heterocycles. The van der Waals surface area contributed by atoms with Crippen LogP contribution in [0.3, 0.4) is 0 Å². The lowest BCUT2D eigenvalue weighted by Crippen LogP contribution is -2.25. The quantitative estimate of drug-likeness (QED) is 0.657. The SMILES string of the molecule is Cc1nc2ccc(N3CCC(O)C3)cc2c(-c2ccccc2)c1C(=O)C(F)(F)F. The Labute approximate surface area is 165 Å². The van der Waals surface area contributed by atoms with Crippen molar-refractivity contribution in [1.29, 1.82) is 0 Å². The van der Waals surface area contributed by atoms with E-state index < -0.39 is 23.6 Å². The summed E-state index contributed by atoms with van der Waals surface area (Å²) >= 11 is 0. The fourth-order valence-corrected chi connectivity index (χ4v) is 3.87. The normalized spacial score (nSPS) is 17.1. The summed E-state index contributed by atoms with van der Waals surface area (Å²) in [6, 6.07) is 13.9. The minimum atomic E-state index is -5.00. The van der Waals surface area contributed by atoms with Gasteiger partial charge in [0, 0.05) is 35.4 Å². The summed E-state index contributed by atoms with van der Waals surface area (Å²) in [5.41, 5.74) is 1.68. The molecule has 1 aliphatic rings. The number of fused-ring (bicyclic) bond motifs is 1. The lowest BCUT2D eigenvalue weighted by molar-refractivity contribution is -0.0885. The minimum absolute atomic E-state index is 0.0445. The van der Waals surface area contributed by atoms with Crippen molar-refractivity contribution in [2.24, 2.45) is 0 Å². The monoisotopic (exact) mass is 400 g/mol. The molecule has 0 radical (unpaired) electrons. The maximum Gasteiger partial charge on any atom is 0.454 e. The Morgan fingerprint density at radius 3 is 2.52 bits per heavy atom. The zero-order valence-electron chi connectivity index (χ0n) is 15.7. The van der Waals surface area contributed by atoms with Gasteiger partial charge in [-0.25, -0.2) is 0 Å². The fourth-order valence-electron chi connectivity index (χ4n) is 3.87. The van der Waals surface area contributed by atoms with Crippen LogP contribution in [0.5, 0.6) is 0 Å². The van der Waals surface area contributed by atoms with Gasteiger partial charge in [-0.05, 0) is 37.1 Å². The van der Waals surface area contributed by atoms with Crippen LogP contribution >= 0.6 is 0 Å². The number of carbonyl (C=O) groups excluding carboxylic acids is 1. The predicted molar refractivity (Wildman–Crippen MR) is 105 cm³/mol. The van der Waals surface area contributed by atoms with E-state index in [1.54, 1.807) is 42.5 Å². The third kappa shape index (κ3) is 3.58. The van der Waals surface area contributed by atoms with Crippen molar-refractivity contribution in [3.05, 3.63) is 59.8 Å². The molecule has 1 aromatic heterocycles. The maximum atomic E-state index is 13.4. The van der Waals surface area contributed by atoms with Gasteiger partial charge in [0.15, 0.2) is 0 Å².